The van der Waals surface area contributed by atoms with E-state index in [9.17, 15) is 0 Å². The number of para-hydroxylation sites is 1. The number of fused-ring (bicyclic) bond motifs is 12. The van der Waals surface area contributed by atoms with Crippen LogP contribution in [-0.4, -0.2) is 0 Å². The zero-order valence-corrected chi connectivity index (χ0v) is 31.2. The predicted octanol–water partition coefficient (Wildman–Crippen LogP) is 15.5. The third-order valence-electron chi connectivity index (χ3n) is 12.6. The van der Waals surface area contributed by atoms with Gasteiger partial charge >= 0.3 is 0 Å². The lowest BCUT2D eigenvalue weighted by molar-refractivity contribution is 0.660. The van der Waals surface area contributed by atoms with Gasteiger partial charge in [-0.3, -0.25) is 0 Å². The predicted molar refractivity (Wildman–Crippen MR) is 238 cm³/mol. The van der Waals surface area contributed by atoms with Crippen LogP contribution in [0, 0.1) is 0 Å². The fourth-order valence-electron chi connectivity index (χ4n) is 9.95. The second kappa shape index (κ2) is 11.5. The van der Waals surface area contributed by atoms with E-state index in [2.05, 4.69) is 196 Å². The molecule has 262 valence electrons. The lowest BCUT2D eigenvalue weighted by Gasteiger charge is -2.23. The maximum atomic E-state index is 6.66. The molecule has 1 aliphatic rings. The molecule has 10 aromatic carbocycles. The van der Waals surface area contributed by atoms with Crippen LogP contribution in [-0.2, 0) is 5.41 Å². The number of hydrogen-bond acceptors (Lipinski definition) is 1. The van der Waals surface area contributed by atoms with Gasteiger partial charge in [-0.05, 0) is 124 Å². The molecule has 0 unspecified atom stereocenters. The molecule has 0 saturated heterocycles. The molecule has 1 heterocycles. The Morgan fingerprint density at radius 3 is 1.68 bits per heavy atom. The van der Waals surface area contributed by atoms with Crippen molar-refractivity contribution in [1.29, 1.82) is 0 Å². The molecule has 0 aliphatic heterocycles. The smallest absolute Gasteiger partial charge is 0.143 e. The van der Waals surface area contributed by atoms with Crippen molar-refractivity contribution in [3.05, 3.63) is 193 Å². The molecule has 1 aromatic heterocycles. The van der Waals surface area contributed by atoms with Crippen molar-refractivity contribution < 1.29 is 4.42 Å². The quantitative estimate of drug-likeness (QED) is 0.166. The summed E-state index contributed by atoms with van der Waals surface area (Å²) < 4.78 is 6.66. The molecule has 0 amide bonds. The highest BCUT2D eigenvalue weighted by atomic mass is 16.3. The van der Waals surface area contributed by atoms with E-state index in [1.54, 1.807) is 0 Å². The maximum Gasteiger partial charge on any atom is 0.143 e. The van der Waals surface area contributed by atoms with Gasteiger partial charge in [0.2, 0.25) is 0 Å². The van der Waals surface area contributed by atoms with Gasteiger partial charge in [-0.15, -0.1) is 0 Å². The molecule has 0 fully saturated rings. The fraction of sp³-hybridized carbons (Fsp3) is 0.0545. The summed E-state index contributed by atoms with van der Waals surface area (Å²) in [6, 6.07) is 67.2. The van der Waals surface area contributed by atoms with Crippen molar-refractivity contribution in [1.82, 2.24) is 0 Å². The van der Waals surface area contributed by atoms with Crippen LogP contribution in [0.15, 0.2) is 186 Å². The van der Waals surface area contributed by atoms with Gasteiger partial charge < -0.3 is 4.42 Å². The molecule has 0 radical (unpaired) electrons. The topological polar surface area (TPSA) is 13.1 Å². The Labute approximate surface area is 325 Å². The minimum absolute atomic E-state index is 0.197. The zero-order valence-electron chi connectivity index (χ0n) is 31.2. The van der Waals surface area contributed by atoms with E-state index in [0.717, 1.165) is 16.6 Å². The minimum Gasteiger partial charge on any atom is -0.455 e. The van der Waals surface area contributed by atoms with E-state index in [1.807, 2.05) is 0 Å². The fourth-order valence-corrected chi connectivity index (χ4v) is 9.95. The average molecular weight is 713 g/mol. The lowest BCUT2D eigenvalue weighted by Crippen LogP contribution is -2.15. The van der Waals surface area contributed by atoms with Gasteiger partial charge in [0.05, 0.1) is 0 Å². The van der Waals surface area contributed by atoms with E-state index >= 15 is 0 Å². The van der Waals surface area contributed by atoms with Crippen LogP contribution in [0.2, 0.25) is 0 Å². The molecule has 12 rings (SSSR count). The van der Waals surface area contributed by atoms with Crippen molar-refractivity contribution in [2.24, 2.45) is 0 Å². The molecule has 11 aromatic rings. The van der Waals surface area contributed by atoms with Gasteiger partial charge in [0, 0.05) is 21.6 Å². The Morgan fingerprint density at radius 1 is 0.357 bits per heavy atom. The summed E-state index contributed by atoms with van der Waals surface area (Å²) in [6.07, 6.45) is 0. The number of hydrogen-bond donors (Lipinski definition) is 0. The van der Waals surface area contributed by atoms with Crippen molar-refractivity contribution in [2.75, 3.05) is 0 Å². The van der Waals surface area contributed by atoms with Crippen LogP contribution in [0.3, 0.4) is 0 Å². The first-order chi connectivity index (χ1) is 27.5. The summed E-state index contributed by atoms with van der Waals surface area (Å²) in [5, 5.41) is 12.3. The Balaban J connectivity index is 1.07. The van der Waals surface area contributed by atoms with Crippen molar-refractivity contribution in [3.8, 4) is 44.5 Å². The SMILES string of the molecule is CC1(C)c2cc(-c3c4ccccc4c(-c4cccc(-c5ccc6ccccc6c5)c4)c4ccccc34)ccc2-c2c1ccc1ccc3c4ccccc4oc3c21. The number of benzene rings is 10. The highest BCUT2D eigenvalue weighted by Crippen LogP contribution is 2.54. The summed E-state index contributed by atoms with van der Waals surface area (Å²) in [7, 11) is 0. The summed E-state index contributed by atoms with van der Waals surface area (Å²) >= 11 is 0. The molecular weight excluding hydrogens is 677 g/mol. The molecule has 1 heteroatoms. The molecule has 0 saturated carbocycles. The first-order valence-corrected chi connectivity index (χ1v) is 19.6. The highest BCUT2D eigenvalue weighted by molar-refractivity contribution is 6.23. The summed E-state index contributed by atoms with van der Waals surface area (Å²) in [5.41, 5.74) is 14.5. The van der Waals surface area contributed by atoms with Crippen LogP contribution in [0.25, 0.3) is 110 Å². The summed E-state index contributed by atoms with van der Waals surface area (Å²) in [5.74, 6) is 0. The second-order valence-corrected chi connectivity index (χ2v) is 16.0. The monoisotopic (exact) mass is 712 g/mol. The molecule has 1 nitrogen and oxygen atoms in total. The van der Waals surface area contributed by atoms with Gasteiger partial charge in [0.15, 0.2) is 0 Å². The first-order valence-electron chi connectivity index (χ1n) is 19.6. The third kappa shape index (κ3) is 4.37. The van der Waals surface area contributed by atoms with Gasteiger partial charge in [0.25, 0.3) is 0 Å². The Hall–Kier alpha value is -6.96. The summed E-state index contributed by atoms with van der Waals surface area (Å²) in [4.78, 5) is 0. The van der Waals surface area contributed by atoms with Crippen LogP contribution in [0.5, 0.6) is 0 Å². The molecular formula is C55H36O. The Morgan fingerprint density at radius 2 is 0.929 bits per heavy atom. The zero-order chi connectivity index (χ0) is 37.1. The third-order valence-corrected chi connectivity index (χ3v) is 12.6. The van der Waals surface area contributed by atoms with Gasteiger partial charge in [-0.25, -0.2) is 0 Å². The van der Waals surface area contributed by atoms with E-state index in [0.29, 0.717) is 0 Å². The lowest BCUT2D eigenvalue weighted by atomic mass is 9.80. The molecule has 56 heavy (non-hydrogen) atoms. The molecule has 0 N–H and O–H groups in total. The second-order valence-electron chi connectivity index (χ2n) is 16.0. The molecule has 0 bridgehead atoms. The largest absolute Gasteiger partial charge is 0.455 e. The Kier molecular flexibility index (Phi) is 6.46. The van der Waals surface area contributed by atoms with E-state index in [4.69, 9.17) is 4.42 Å². The van der Waals surface area contributed by atoms with Crippen LogP contribution in [0.4, 0.5) is 0 Å². The van der Waals surface area contributed by atoms with Gasteiger partial charge in [0.1, 0.15) is 11.2 Å². The van der Waals surface area contributed by atoms with E-state index < -0.39 is 0 Å². The van der Waals surface area contributed by atoms with Crippen LogP contribution in [0.1, 0.15) is 25.0 Å². The van der Waals surface area contributed by atoms with Crippen molar-refractivity contribution in [3.63, 3.8) is 0 Å². The Bertz CT molecular complexity index is 3390. The molecule has 1 aliphatic carbocycles. The molecule has 0 spiro atoms. The number of rotatable bonds is 3. The standard InChI is InChI=1S/C55H36O/c1-55(2)47-29-26-34-24-27-45-40-16-9-10-21-49(40)56-54(45)52(34)53(47)46-28-25-39(32-48(46)55)51-43-19-7-5-17-41(43)50(42-18-6-8-20-44(42)51)38-15-11-14-36(31-38)37-23-22-33-12-3-4-13-35(33)30-37/h3-32H,1-2H3. The highest BCUT2D eigenvalue weighted by Gasteiger charge is 2.37. The van der Waals surface area contributed by atoms with Crippen molar-refractivity contribution in [2.45, 2.75) is 19.3 Å². The minimum atomic E-state index is -0.197. The van der Waals surface area contributed by atoms with Gasteiger partial charge in [-0.2, -0.15) is 0 Å². The number of furan rings is 1. The van der Waals surface area contributed by atoms with Crippen LogP contribution < -0.4 is 0 Å². The maximum absolute atomic E-state index is 6.66. The van der Waals surface area contributed by atoms with Crippen LogP contribution >= 0.6 is 0 Å². The van der Waals surface area contributed by atoms with E-state index in [1.165, 1.54) is 104 Å². The van der Waals surface area contributed by atoms with E-state index in [-0.39, 0.29) is 5.41 Å². The molecule has 0 atom stereocenters. The average Bonchev–Trinajstić information content (AvgIpc) is 3.74. The van der Waals surface area contributed by atoms with Crippen molar-refractivity contribution >= 4 is 65.0 Å². The first kappa shape index (κ1) is 31.4. The van der Waals surface area contributed by atoms with Gasteiger partial charge in [-0.1, -0.05) is 166 Å². The normalized spacial score (nSPS) is 13.3. The summed E-state index contributed by atoms with van der Waals surface area (Å²) in [6.45, 7) is 4.77.